The number of H-pyrrole nitrogens is 1. The summed E-state index contributed by atoms with van der Waals surface area (Å²) in [7, 11) is 0. The lowest BCUT2D eigenvalue weighted by molar-refractivity contribution is 0.617. The Labute approximate surface area is 169 Å². The molecule has 2 aromatic carbocycles. The summed E-state index contributed by atoms with van der Waals surface area (Å²) in [5.74, 6) is -0.138. The van der Waals surface area contributed by atoms with E-state index < -0.39 is 5.69 Å². The Balaban J connectivity index is 1.76. The Morgan fingerprint density at radius 3 is 2.64 bits per heavy atom. The van der Waals surface area contributed by atoms with E-state index in [1.807, 2.05) is 38.1 Å². The number of thioether (sulfide) groups is 1. The van der Waals surface area contributed by atoms with Gasteiger partial charge in [-0.1, -0.05) is 59.3 Å². The van der Waals surface area contributed by atoms with Crippen LogP contribution in [0.25, 0.3) is 16.8 Å². The minimum absolute atomic E-state index is 0.248. The molecule has 0 aliphatic carbocycles. The van der Waals surface area contributed by atoms with E-state index in [4.69, 9.17) is 11.6 Å². The molecule has 8 heteroatoms. The van der Waals surface area contributed by atoms with E-state index >= 15 is 0 Å². The summed E-state index contributed by atoms with van der Waals surface area (Å²) in [6.45, 7) is 3.85. The third-order valence-corrected chi connectivity index (χ3v) is 5.66. The molecular formula is C20H16ClFN4OS. The van der Waals surface area contributed by atoms with Crippen LogP contribution in [0.1, 0.15) is 16.8 Å². The lowest BCUT2D eigenvalue weighted by Gasteiger charge is -2.06. The highest BCUT2D eigenvalue weighted by molar-refractivity contribution is 7.98. The Hall–Kier alpha value is -2.64. The number of benzene rings is 2. The Kier molecular flexibility index (Phi) is 4.95. The minimum Gasteiger partial charge on any atom is -0.285 e. The van der Waals surface area contributed by atoms with E-state index in [9.17, 15) is 9.18 Å². The number of aromatic nitrogens is 4. The largest absolute Gasteiger partial charge is 0.350 e. The monoisotopic (exact) mass is 414 g/mol. The molecule has 0 amide bonds. The van der Waals surface area contributed by atoms with Gasteiger partial charge in [0.15, 0.2) is 10.8 Å². The van der Waals surface area contributed by atoms with Gasteiger partial charge >= 0.3 is 5.69 Å². The Morgan fingerprint density at radius 2 is 1.93 bits per heavy atom. The molecule has 0 unspecified atom stereocenters. The minimum atomic E-state index is -0.395. The molecule has 0 aliphatic heterocycles. The molecule has 0 fully saturated rings. The molecular weight excluding hydrogens is 399 g/mol. The molecule has 0 aliphatic rings. The van der Waals surface area contributed by atoms with Gasteiger partial charge in [0, 0.05) is 21.9 Å². The maximum atomic E-state index is 14.0. The predicted molar refractivity (Wildman–Crippen MR) is 109 cm³/mol. The number of fused-ring (bicyclic) bond motifs is 1. The van der Waals surface area contributed by atoms with Gasteiger partial charge in [0.05, 0.1) is 5.69 Å². The molecule has 0 saturated heterocycles. The van der Waals surface area contributed by atoms with Crippen LogP contribution in [-0.2, 0) is 5.75 Å². The lowest BCUT2D eigenvalue weighted by Crippen LogP contribution is -2.19. The van der Waals surface area contributed by atoms with Crippen LogP contribution in [0, 0.1) is 19.7 Å². The SMILES string of the molecule is Cc1ccc(-c2c(C)nn3c(=O)[nH]c(SCc4c(F)cccc4Cl)nc23)cc1. The third-order valence-electron chi connectivity index (χ3n) is 4.40. The van der Waals surface area contributed by atoms with Gasteiger partial charge in [-0.2, -0.15) is 9.61 Å². The van der Waals surface area contributed by atoms with Crippen LogP contribution in [-0.4, -0.2) is 19.6 Å². The van der Waals surface area contributed by atoms with E-state index in [0.29, 0.717) is 27.1 Å². The van der Waals surface area contributed by atoms with Crippen LogP contribution in [0.3, 0.4) is 0 Å². The van der Waals surface area contributed by atoms with Crippen molar-refractivity contribution >= 4 is 29.0 Å². The van der Waals surface area contributed by atoms with Gasteiger partial charge in [0.2, 0.25) is 0 Å². The highest BCUT2D eigenvalue weighted by Crippen LogP contribution is 2.29. The van der Waals surface area contributed by atoms with Gasteiger partial charge in [-0.05, 0) is 31.5 Å². The fourth-order valence-electron chi connectivity index (χ4n) is 2.97. The second-order valence-electron chi connectivity index (χ2n) is 6.40. The van der Waals surface area contributed by atoms with E-state index in [1.54, 1.807) is 12.1 Å². The van der Waals surface area contributed by atoms with E-state index in [2.05, 4.69) is 15.1 Å². The van der Waals surface area contributed by atoms with Gasteiger partial charge in [-0.15, -0.1) is 0 Å². The summed E-state index contributed by atoms with van der Waals surface area (Å²) in [5, 5.41) is 5.04. The number of nitrogens with zero attached hydrogens (tertiary/aromatic N) is 3. The second kappa shape index (κ2) is 7.41. The zero-order chi connectivity index (χ0) is 19.8. The van der Waals surface area contributed by atoms with Crippen LogP contribution in [0.4, 0.5) is 4.39 Å². The summed E-state index contributed by atoms with van der Waals surface area (Å²) in [4.78, 5) is 19.8. The molecule has 2 heterocycles. The molecule has 0 saturated carbocycles. The molecule has 2 aromatic heterocycles. The number of nitrogens with one attached hydrogen (secondary N) is 1. The number of rotatable bonds is 4. The van der Waals surface area contributed by atoms with Gasteiger partial charge < -0.3 is 0 Å². The van der Waals surface area contributed by atoms with Crippen molar-refractivity contribution in [2.45, 2.75) is 24.8 Å². The Bertz CT molecular complexity index is 1210. The number of halogens is 2. The first-order chi connectivity index (χ1) is 13.4. The van der Waals surface area contributed by atoms with Crippen LogP contribution in [0.5, 0.6) is 0 Å². The fourth-order valence-corrected chi connectivity index (χ4v) is 4.16. The number of aryl methyl sites for hydroxylation is 2. The van der Waals surface area contributed by atoms with Gasteiger partial charge in [-0.25, -0.2) is 14.2 Å². The Morgan fingerprint density at radius 1 is 1.18 bits per heavy atom. The summed E-state index contributed by atoms with van der Waals surface area (Å²) >= 11 is 7.30. The third kappa shape index (κ3) is 3.43. The van der Waals surface area contributed by atoms with E-state index in [1.165, 1.54) is 22.3 Å². The van der Waals surface area contributed by atoms with Crippen molar-refractivity contribution in [3.63, 3.8) is 0 Å². The van der Waals surface area contributed by atoms with Crippen molar-refractivity contribution in [2.24, 2.45) is 0 Å². The van der Waals surface area contributed by atoms with Crippen molar-refractivity contribution in [2.75, 3.05) is 0 Å². The first kappa shape index (κ1) is 18.7. The second-order valence-corrected chi connectivity index (χ2v) is 7.77. The summed E-state index contributed by atoms with van der Waals surface area (Å²) in [6, 6.07) is 12.5. The average Bonchev–Trinajstić information content (AvgIpc) is 2.99. The van der Waals surface area contributed by atoms with Crippen molar-refractivity contribution < 1.29 is 4.39 Å². The first-order valence-corrected chi connectivity index (χ1v) is 9.93. The predicted octanol–water partition coefficient (Wildman–Crippen LogP) is 4.79. The molecule has 28 heavy (non-hydrogen) atoms. The molecule has 1 N–H and O–H groups in total. The number of hydrogen-bond donors (Lipinski definition) is 1. The molecule has 142 valence electrons. The zero-order valence-corrected chi connectivity index (χ0v) is 16.7. The molecule has 0 atom stereocenters. The van der Waals surface area contributed by atoms with E-state index in [0.717, 1.165) is 16.7 Å². The molecule has 0 bridgehead atoms. The highest BCUT2D eigenvalue weighted by Gasteiger charge is 2.17. The molecule has 0 spiro atoms. The standard InChI is InChI=1S/C20H16ClFN4OS/c1-11-6-8-13(9-7-11)17-12(2)25-26-18(17)23-19(24-20(26)27)28-10-14-15(21)4-3-5-16(14)22/h3-9H,10H2,1-2H3,(H,23,24,27). The van der Waals surface area contributed by atoms with Gasteiger partial charge in [0.1, 0.15) is 5.82 Å². The first-order valence-electron chi connectivity index (χ1n) is 8.56. The highest BCUT2D eigenvalue weighted by atomic mass is 35.5. The summed E-state index contributed by atoms with van der Waals surface area (Å²) in [6.07, 6.45) is 0. The van der Waals surface area contributed by atoms with E-state index in [-0.39, 0.29) is 11.6 Å². The molecule has 5 nitrogen and oxygen atoms in total. The van der Waals surface area contributed by atoms with Crippen molar-refractivity contribution in [1.82, 2.24) is 19.6 Å². The smallest absolute Gasteiger partial charge is 0.285 e. The molecule has 0 radical (unpaired) electrons. The lowest BCUT2D eigenvalue weighted by atomic mass is 10.0. The number of hydrogen-bond acceptors (Lipinski definition) is 4. The average molecular weight is 415 g/mol. The summed E-state index contributed by atoms with van der Waals surface area (Å²) < 4.78 is 15.3. The van der Waals surface area contributed by atoms with Gasteiger partial charge in [-0.3, -0.25) is 4.98 Å². The maximum Gasteiger partial charge on any atom is 0.350 e. The molecule has 4 rings (SSSR count). The van der Waals surface area contributed by atoms with Crippen LogP contribution >= 0.6 is 23.4 Å². The quantitative estimate of drug-likeness (QED) is 0.488. The van der Waals surface area contributed by atoms with Crippen LogP contribution < -0.4 is 5.69 Å². The fraction of sp³-hybridized carbons (Fsp3) is 0.150. The van der Waals surface area contributed by atoms with Crippen molar-refractivity contribution in [3.05, 3.63) is 80.6 Å². The van der Waals surface area contributed by atoms with Crippen molar-refractivity contribution in [1.29, 1.82) is 0 Å². The molecule has 4 aromatic rings. The van der Waals surface area contributed by atoms with Crippen LogP contribution in [0.15, 0.2) is 52.4 Å². The normalized spacial score (nSPS) is 11.3. The van der Waals surface area contributed by atoms with Crippen LogP contribution in [0.2, 0.25) is 5.02 Å². The zero-order valence-electron chi connectivity index (χ0n) is 15.2. The van der Waals surface area contributed by atoms with Gasteiger partial charge in [0.25, 0.3) is 0 Å². The number of aromatic amines is 1. The summed E-state index contributed by atoms with van der Waals surface area (Å²) in [5.41, 5.74) is 4.03. The maximum absolute atomic E-state index is 14.0. The topological polar surface area (TPSA) is 63.1 Å². The van der Waals surface area contributed by atoms with Crippen molar-refractivity contribution in [3.8, 4) is 11.1 Å².